The Kier molecular flexibility index (Phi) is 2.29. The van der Waals surface area contributed by atoms with Gasteiger partial charge in [-0.05, 0) is 12.1 Å². The fourth-order valence-corrected chi connectivity index (χ4v) is 0.867. The summed E-state index contributed by atoms with van der Waals surface area (Å²) in [6, 6.07) is 1.81. The number of benzene rings is 1. The normalized spacial score (nSPS) is 9.71. The molecule has 0 aromatic heterocycles. The molecule has 4 N–H and O–H groups in total. The molecule has 0 fully saturated rings. The Morgan fingerprint density at radius 3 is 2.07 bits per heavy atom. The van der Waals surface area contributed by atoms with Crippen LogP contribution in [0.15, 0.2) is 12.1 Å². The summed E-state index contributed by atoms with van der Waals surface area (Å²) in [6.45, 7) is 0. The predicted molar refractivity (Wildman–Crippen MR) is 43.4 cm³/mol. The van der Waals surface area contributed by atoms with Gasteiger partial charge in [-0.3, -0.25) is 4.79 Å². The van der Waals surface area contributed by atoms with Gasteiger partial charge < -0.3 is 20.4 Å². The van der Waals surface area contributed by atoms with Gasteiger partial charge in [-0.25, -0.2) is 4.79 Å². The Labute approximate surface area is 77.7 Å². The first kappa shape index (κ1) is 9.85. The number of carbonyl (C=O) groups excluding carboxylic acids is 1. The lowest BCUT2D eigenvalue weighted by molar-refractivity contribution is -0.131. The van der Waals surface area contributed by atoms with Crippen molar-refractivity contribution in [1.82, 2.24) is 0 Å². The predicted octanol–water partition coefficient (Wildman–Crippen LogP) is 0.0707. The van der Waals surface area contributed by atoms with Gasteiger partial charge in [0, 0.05) is 0 Å². The molecule has 6 nitrogen and oxygen atoms in total. The number of phenols is 3. The minimum Gasteiger partial charge on any atom is -0.504 e. The Morgan fingerprint density at radius 1 is 1.00 bits per heavy atom. The smallest absolute Gasteiger partial charge is 0.377 e. The fraction of sp³-hybridized carbons (Fsp3) is 0. The molecule has 0 aliphatic carbocycles. The number of carbonyl (C=O) groups is 2. The summed E-state index contributed by atoms with van der Waals surface area (Å²) in [5.41, 5.74) is -0.576. The zero-order valence-electron chi connectivity index (χ0n) is 6.76. The second kappa shape index (κ2) is 3.25. The van der Waals surface area contributed by atoms with Crippen LogP contribution in [0, 0.1) is 0 Å². The molecule has 0 unspecified atom stereocenters. The number of Topliss-reactive ketones (excluding diaryl/α,β-unsaturated/α-hetero) is 1. The third-order valence-electron chi connectivity index (χ3n) is 1.57. The molecule has 0 aliphatic rings. The van der Waals surface area contributed by atoms with Crippen LogP contribution in [0.5, 0.6) is 17.2 Å². The first-order valence-electron chi connectivity index (χ1n) is 3.46. The van der Waals surface area contributed by atoms with Crippen molar-refractivity contribution in [1.29, 1.82) is 0 Å². The molecule has 0 spiro atoms. The molecule has 0 radical (unpaired) electrons. The maximum Gasteiger partial charge on any atom is 0.377 e. The van der Waals surface area contributed by atoms with Crippen LogP contribution in [0.1, 0.15) is 10.4 Å². The van der Waals surface area contributed by atoms with Crippen LogP contribution in [-0.4, -0.2) is 32.2 Å². The van der Waals surface area contributed by atoms with Gasteiger partial charge in [-0.2, -0.15) is 0 Å². The Hall–Kier alpha value is -2.24. The summed E-state index contributed by atoms with van der Waals surface area (Å²) < 4.78 is 0. The highest BCUT2D eigenvalue weighted by atomic mass is 16.4. The van der Waals surface area contributed by atoms with Crippen molar-refractivity contribution in [2.45, 2.75) is 0 Å². The van der Waals surface area contributed by atoms with Crippen LogP contribution < -0.4 is 0 Å². The van der Waals surface area contributed by atoms with E-state index in [-0.39, 0.29) is 0 Å². The molecule has 74 valence electrons. The van der Waals surface area contributed by atoms with E-state index in [2.05, 4.69) is 0 Å². The van der Waals surface area contributed by atoms with Crippen molar-refractivity contribution in [2.75, 3.05) is 0 Å². The molecule has 0 atom stereocenters. The molecule has 0 saturated carbocycles. The van der Waals surface area contributed by atoms with Gasteiger partial charge in [0.15, 0.2) is 11.5 Å². The van der Waals surface area contributed by atoms with Crippen molar-refractivity contribution in [2.24, 2.45) is 0 Å². The number of phenolic OH excluding ortho intramolecular Hbond substituents is 3. The number of aliphatic carboxylic acids is 1. The van der Waals surface area contributed by atoms with E-state index in [0.717, 1.165) is 12.1 Å². The van der Waals surface area contributed by atoms with E-state index >= 15 is 0 Å². The topological polar surface area (TPSA) is 115 Å². The number of hydrogen-bond acceptors (Lipinski definition) is 5. The van der Waals surface area contributed by atoms with Crippen molar-refractivity contribution in [3.05, 3.63) is 17.7 Å². The number of hydrogen-bond donors (Lipinski definition) is 4. The standard InChI is InChI=1S/C8H6O6/c9-4-2-1-3(5(10)7(4)12)6(11)8(13)14/h1-2,9-10,12H,(H,13,14). The zero-order valence-corrected chi connectivity index (χ0v) is 6.76. The number of carboxylic acid groups (broad SMARTS) is 1. The van der Waals surface area contributed by atoms with Crippen LogP contribution in [0.3, 0.4) is 0 Å². The molecule has 14 heavy (non-hydrogen) atoms. The summed E-state index contributed by atoms with van der Waals surface area (Å²) in [7, 11) is 0. The molecule has 0 aliphatic heterocycles. The largest absolute Gasteiger partial charge is 0.504 e. The summed E-state index contributed by atoms with van der Waals surface area (Å²) in [5.74, 6) is -5.62. The van der Waals surface area contributed by atoms with Gasteiger partial charge in [0.25, 0.3) is 5.78 Å². The maximum absolute atomic E-state index is 10.9. The monoisotopic (exact) mass is 198 g/mol. The second-order valence-electron chi connectivity index (χ2n) is 2.46. The summed E-state index contributed by atoms with van der Waals surface area (Å²) in [5, 5.41) is 35.3. The molecule has 1 aromatic rings. The summed E-state index contributed by atoms with van der Waals surface area (Å²) in [6.07, 6.45) is 0. The minimum absolute atomic E-state index is 0.576. The van der Waals surface area contributed by atoms with Gasteiger partial charge in [0.05, 0.1) is 5.56 Å². The Morgan fingerprint density at radius 2 is 1.57 bits per heavy atom. The molecule has 0 heterocycles. The van der Waals surface area contributed by atoms with E-state index in [1.165, 1.54) is 0 Å². The van der Waals surface area contributed by atoms with Gasteiger partial charge in [0.1, 0.15) is 0 Å². The van der Waals surface area contributed by atoms with E-state index in [0.29, 0.717) is 0 Å². The van der Waals surface area contributed by atoms with Gasteiger partial charge >= 0.3 is 5.97 Å². The van der Waals surface area contributed by atoms with Crippen LogP contribution in [0.25, 0.3) is 0 Å². The van der Waals surface area contributed by atoms with Crippen LogP contribution in [-0.2, 0) is 4.79 Å². The Balaban J connectivity index is 3.31. The number of rotatable bonds is 2. The molecule has 0 saturated heterocycles. The van der Waals surface area contributed by atoms with E-state index < -0.39 is 34.6 Å². The van der Waals surface area contributed by atoms with Crippen LogP contribution >= 0.6 is 0 Å². The van der Waals surface area contributed by atoms with E-state index in [1.54, 1.807) is 0 Å². The third kappa shape index (κ3) is 1.45. The second-order valence-corrected chi connectivity index (χ2v) is 2.46. The minimum atomic E-state index is -1.76. The van der Waals surface area contributed by atoms with Gasteiger partial charge in [0.2, 0.25) is 5.75 Å². The van der Waals surface area contributed by atoms with Gasteiger partial charge in [-0.1, -0.05) is 0 Å². The molecule has 6 heteroatoms. The molecule has 1 aromatic carbocycles. The number of ketones is 1. The number of carboxylic acids is 1. The zero-order chi connectivity index (χ0) is 10.9. The molecular weight excluding hydrogens is 192 g/mol. The van der Waals surface area contributed by atoms with Crippen LogP contribution in [0.4, 0.5) is 0 Å². The first-order valence-corrected chi connectivity index (χ1v) is 3.46. The highest BCUT2D eigenvalue weighted by Crippen LogP contribution is 2.37. The highest BCUT2D eigenvalue weighted by molar-refractivity contribution is 6.40. The SMILES string of the molecule is O=C(O)C(=O)c1ccc(O)c(O)c1O. The van der Waals surface area contributed by atoms with E-state index in [4.69, 9.17) is 20.4 Å². The van der Waals surface area contributed by atoms with Crippen molar-refractivity contribution in [3.63, 3.8) is 0 Å². The van der Waals surface area contributed by atoms with E-state index in [1.807, 2.05) is 0 Å². The van der Waals surface area contributed by atoms with Crippen molar-refractivity contribution in [3.8, 4) is 17.2 Å². The fourth-order valence-electron chi connectivity index (χ4n) is 0.867. The Bertz CT molecular complexity index is 409. The van der Waals surface area contributed by atoms with Crippen LogP contribution in [0.2, 0.25) is 0 Å². The average molecular weight is 198 g/mol. The lowest BCUT2D eigenvalue weighted by atomic mass is 10.1. The lowest BCUT2D eigenvalue weighted by Crippen LogP contribution is -2.12. The van der Waals surface area contributed by atoms with Crippen molar-refractivity contribution < 1.29 is 30.0 Å². The summed E-state index contributed by atoms with van der Waals surface area (Å²) in [4.78, 5) is 21.1. The maximum atomic E-state index is 10.9. The highest BCUT2D eigenvalue weighted by Gasteiger charge is 2.21. The summed E-state index contributed by atoms with van der Waals surface area (Å²) >= 11 is 0. The number of aromatic hydroxyl groups is 3. The molecular formula is C8H6O6. The first-order chi connectivity index (χ1) is 6.45. The lowest BCUT2D eigenvalue weighted by Gasteiger charge is -2.03. The van der Waals surface area contributed by atoms with E-state index in [9.17, 15) is 9.59 Å². The average Bonchev–Trinajstić information content (AvgIpc) is 2.13. The molecule has 0 amide bonds. The quantitative estimate of drug-likeness (QED) is 0.303. The van der Waals surface area contributed by atoms with Gasteiger partial charge in [-0.15, -0.1) is 0 Å². The molecule has 0 bridgehead atoms. The van der Waals surface area contributed by atoms with Crippen molar-refractivity contribution >= 4 is 11.8 Å². The third-order valence-corrected chi connectivity index (χ3v) is 1.57. The molecule has 1 rings (SSSR count).